The average molecular weight is 334 g/mol. The highest BCUT2D eigenvalue weighted by molar-refractivity contribution is 5.50. The minimum Gasteiger partial charge on any atom is -0.508 e. The van der Waals surface area contributed by atoms with Gasteiger partial charge in [0.1, 0.15) is 11.5 Å². The molecule has 0 amide bonds. The molecule has 0 radical (unpaired) electrons. The number of phenols is 1. The Balaban J connectivity index is 1.79. The van der Waals surface area contributed by atoms with Crippen molar-refractivity contribution in [2.45, 2.75) is 6.42 Å². The second-order valence-electron chi connectivity index (χ2n) is 4.71. The molecule has 0 atom stereocenters. The first-order valence-corrected chi connectivity index (χ1v) is 6.95. The monoisotopic (exact) mass is 334 g/mol. The number of aromatic hydroxyl groups is 1. The zero-order valence-corrected chi connectivity index (χ0v) is 12.5. The Morgan fingerprint density at radius 1 is 0.917 bits per heavy atom. The van der Waals surface area contributed by atoms with E-state index in [-0.39, 0.29) is 36.1 Å². The molecule has 24 heavy (non-hydrogen) atoms. The average Bonchev–Trinajstić information content (AvgIpc) is 2.56. The maximum atomic E-state index is 10.9. The summed E-state index contributed by atoms with van der Waals surface area (Å²) in [6, 6.07) is 9.30. The predicted octanol–water partition coefficient (Wildman–Crippen LogP) is 3.06. The van der Waals surface area contributed by atoms with Crippen LogP contribution in [0.3, 0.4) is 0 Å². The Bertz CT molecular complexity index is 731. The van der Waals surface area contributed by atoms with Gasteiger partial charge < -0.3 is 14.6 Å². The van der Waals surface area contributed by atoms with E-state index in [2.05, 4.69) is 0 Å². The van der Waals surface area contributed by atoms with E-state index in [1.807, 2.05) is 0 Å². The molecule has 0 saturated carbocycles. The lowest BCUT2D eigenvalue weighted by molar-refractivity contribution is -0.386. The van der Waals surface area contributed by atoms with Gasteiger partial charge in [-0.25, -0.2) is 0 Å². The van der Waals surface area contributed by atoms with Gasteiger partial charge in [-0.05, 0) is 24.3 Å². The lowest BCUT2D eigenvalue weighted by Crippen LogP contribution is -2.06. The van der Waals surface area contributed by atoms with Crippen molar-refractivity contribution >= 4 is 11.4 Å². The summed E-state index contributed by atoms with van der Waals surface area (Å²) in [5.41, 5.74) is -0.336. The molecule has 0 unspecified atom stereocenters. The molecule has 0 heterocycles. The van der Waals surface area contributed by atoms with Crippen LogP contribution < -0.4 is 9.47 Å². The summed E-state index contributed by atoms with van der Waals surface area (Å²) >= 11 is 0. The van der Waals surface area contributed by atoms with E-state index in [0.717, 1.165) is 6.07 Å². The number of nitro groups is 2. The highest BCUT2D eigenvalue weighted by Crippen LogP contribution is 2.30. The van der Waals surface area contributed by atoms with Crippen LogP contribution in [0.1, 0.15) is 6.42 Å². The summed E-state index contributed by atoms with van der Waals surface area (Å²) in [5, 5.41) is 30.6. The fourth-order valence-electron chi connectivity index (χ4n) is 1.87. The van der Waals surface area contributed by atoms with Gasteiger partial charge >= 0.3 is 5.69 Å². The molecule has 0 fully saturated rings. The summed E-state index contributed by atoms with van der Waals surface area (Å²) in [7, 11) is 0. The van der Waals surface area contributed by atoms with E-state index in [4.69, 9.17) is 9.47 Å². The first-order valence-electron chi connectivity index (χ1n) is 6.95. The van der Waals surface area contributed by atoms with Crippen LogP contribution in [0, 0.1) is 20.2 Å². The lowest BCUT2D eigenvalue weighted by atomic mass is 10.3. The quantitative estimate of drug-likeness (QED) is 0.446. The summed E-state index contributed by atoms with van der Waals surface area (Å²) in [5.74, 6) is 0.333. The molecule has 0 saturated heterocycles. The Hall–Kier alpha value is -3.36. The molecule has 2 aromatic carbocycles. The van der Waals surface area contributed by atoms with E-state index in [0.29, 0.717) is 12.2 Å². The van der Waals surface area contributed by atoms with Crippen molar-refractivity contribution in [3.05, 3.63) is 62.7 Å². The predicted molar refractivity (Wildman–Crippen MR) is 83.5 cm³/mol. The van der Waals surface area contributed by atoms with Crippen molar-refractivity contribution < 1.29 is 24.4 Å². The van der Waals surface area contributed by atoms with Crippen LogP contribution in [-0.2, 0) is 0 Å². The standard InChI is InChI=1S/C15H14N2O7/c18-12-4-7-15(14(10-12)17(21)22)24-9-1-8-23-13-5-2-11(3-6-13)16(19)20/h2-7,10,18H,1,8-9H2. The van der Waals surface area contributed by atoms with E-state index < -0.39 is 9.85 Å². The molecule has 2 aromatic rings. The molecule has 0 spiro atoms. The third kappa shape index (κ3) is 4.57. The molecule has 9 heteroatoms. The normalized spacial score (nSPS) is 10.2. The van der Waals surface area contributed by atoms with Crippen LogP contribution in [0.25, 0.3) is 0 Å². The van der Waals surface area contributed by atoms with Crippen molar-refractivity contribution in [3.63, 3.8) is 0 Å². The third-order valence-corrected chi connectivity index (χ3v) is 3.00. The Labute approximate surface area is 136 Å². The number of nitrogens with zero attached hydrogens (tertiary/aromatic N) is 2. The molecule has 0 aliphatic carbocycles. The fraction of sp³-hybridized carbons (Fsp3) is 0.200. The maximum absolute atomic E-state index is 10.9. The van der Waals surface area contributed by atoms with Crippen LogP contribution in [0.2, 0.25) is 0 Å². The van der Waals surface area contributed by atoms with Gasteiger partial charge in [-0.15, -0.1) is 0 Å². The van der Waals surface area contributed by atoms with Gasteiger partial charge in [0.25, 0.3) is 5.69 Å². The number of non-ortho nitro benzene ring substituents is 1. The number of hydrogen-bond donors (Lipinski definition) is 1. The van der Waals surface area contributed by atoms with Gasteiger partial charge in [0.2, 0.25) is 0 Å². The molecule has 0 aromatic heterocycles. The molecule has 2 rings (SSSR count). The van der Waals surface area contributed by atoms with Crippen molar-refractivity contribution in [1.82, 2.24) is 0 Å². The molecular formula is C15H14N2O7. The maximum Gasteiger partial charge on any atom is 0.314 e. The number of phenolic OH excluding ortho intramolecular Hbond substituents is 1. The molecule has 0 aliphatic heterocycles. The van der Waals surface area contributed by atoms with E-state index in [1.54, 1.807) is 0 Å². The minimum atomic E-state index is -0.636. The van der Waals surface area contributed by atoms with Gasteiger partial charge in [0.15, 0.2) is 5.75 Å². The summed E-state index contributed by atoms with van der Waals surface area (Å²) in [6.07, 6.45) is 0.453. The Kier molecular flexibility index (Phi) is 5.50. The zero-order chi connectivity index (χ0) is 17.5. The summed E-state index contributed by atoms with van der Waals surface area (Å²) < 4.78 is 10.7. The number of ether oxygens (including phenoxy) is 2. The number of benzene rings is 2. The molecule has 0 bridgehead atoms. The zero-order valence-electron chi connectivity index (χ0n) is 12.5. The Morgan fingerprint density at radius 3 is 2.21 bits per heavy atom. The Morgan fingerprint density at radius 2 is 1.58 bits per heavy atom. The highest BCUT2D eigenvalue weighted by Gasteiger charge is 2.15. The van der Waals surface area contributed by atoms with Crippen LogP contribution >= 0.6 is 0 Å². The molecule has 126 valence electrons. The molecule has 9 nitrogen and oxygen atoms in total. The first kappa shape index (κ1) is 17.0. The number of hydrogen-bond acceptors (Lipinski definition) is 7. The van der Waals surface area contributed by atoms with E-state index in [1.165, 1.54) is 36.4 Å². The second kappa shape index (κ2) is 7.77. The van der Waals surface area contributed by atoms with Crippen molar-refractivity contribution in [2.24, 2.45) is 0 Å². The van der Waals surface area contributed by atoms with Crippen LogP contribution in [0.4, 0.5) is 11.4 Å². The van der Waals surface area contributed by atoms with Crippen molar-refractivity contribution in [2.75, 3.05) is 13.2 Å². The minimum absolute atomic E-state index is 0.0228. The summed E-state index contributed by atoms with van der Waals surface area (Å²) in [4.78, 5) is 20.3. The number of rotatable bonds is 8. The fourth-order valence-corrected chi connectivity index (χ4v) is 1.87. The van der Waals surface area contributed by atoms with Crippen molar-refractivity contribution in [1.29, 1.82) is 0 Å². The molecular weight excluding hydrogens is 320 g/mol. The van der Waals surface area contributed by atoms with Gasteiger partial charge in [-0.3, -0.25) is 20.2 Å². The first-order chi connectivity index (χ1) is 11.5. The summed E-state index contributed by atoms with van der Waals surface area (Å²) in [6.45, 7) is 0.461. The second-order valence-corrected chi connectivity index (χ2v) is 4.71. The third-order valence-electron chi connectivity index (χ3n) is 3.00. The van der Waals surface area contributed by atoms with E-state index in [9.17, 15) is 25.3 Å². The highest BCUT2D eigenvalue weighted by atomic mass is 16.6. The van der Waals surface area contributed by atoms with Gasteiger partial charge in [0, 0.05) is 18.6 Å². The van der Waals surface area contributed by atoms with Crippen LogP contribution in [0.5, 0.6) is 17.2 Å². The van der Waals surface area contributed by atoms with Gasteiger partial charge in [-0.1, -0.05) is 0 Å². The lowest BCUT2D eigenvalue weighted by Gasteiger charge is -2.08. The topological polar surface area (TPSA) is 125 Å². The van der Waals surface area contributed by atoms with Crippen LogP contribution in [-0.4, -0.2) is 28.2 Å². The van der Waals surface area contributed by atoms with E-state index >= 15 is 0 Å². The van der Waals surface area contributed by atoms with Crippen LogP contribution in [0.15, 0.2) is 42.5 Å². The largest absolute Gasteiger partial charge is 0.508 e. The van der Waals surface area contributed by atoms with Gasteiger partial charge in [-0.2, -0.15) is 0 Å². The molecule has 1 N–H and O–H groups in total. The number of nitro benzene ring substituents is 2. The van der Waals surface area contributed by atoms with Gasteiger partial charge in [0.05, 0.1) is 29.1 Å². The SMILES string of the molecule is O=[N+]([O-])c1ccc(OCCCOc2ccc(O)cc2[N+](=O)[O-])cc1. The molecule has 0 aliphatic rings. The van der Waals surface area contributed by atoms with Crippen molar-refractivity contribution in [3.8, 4) is 17.2 Å². The smallest absolute Gasteiger partial charge is 0.314 e.